The zero-order valence-corrected chi connectivity index (χ0v) is 19.4. The molecule has 1 saturated heterocycles. The molecule has 34 heavy (non-hydrogen) atoms. The molecule has 2 heterocycles. The summed E-state index contributed by atoms with van der Waals surface area (Å²) in [5.41, 5.74) is 5.09. The number of carboxylic acid groups (broad SMARTS) is 1. The van der Waals surface area contributed by atoms with Crippen LogP contribution < -0.4 is 16.0 Å². The maximum Gasteiger partial charge on any atom is 0.337 e. The summed E-state index contributed by atoms with van der Waals surface area (Å²) in [5, 5.41) is 31.0. The summed E-state index contributed by atoms with van der Waals surface area (Å²) in [6.07, 6.45) is 2.91. The van der Waals surface area contributed by atoms with Crippen molar-refractivity contribution in [2.75, 3.05) is 18.4 Å². The SMILES string of the molecule is Cc1cc([C@@H](C)Nc2ccccc2C(=O)O)c2cc(C3CNC(C4CC4)NC3)c(C#N)nc2c1. The highest BCUT2D eigenvalue weighted by molar-refractivity contribution is 5.94. The Hall–Kier alpha value is -3.47. The van der Waals surface area contributed by atoms with E-state index in [1.165, 1.54) is 12.8 Å². The highest BCUT2D eigenvalue weighted by atomic mass is 16.4. The molecule has 1 saturated carbocycles. The second kappa shape index (κ2) is 9.05. The number of benzene rings is 2. The second-order valence-corrected chi connectivity index (χ2v) is 9.50. The summed E-state index contributed by atoms with van der Waals surface area (Å²) >= 11 is 0. The van der Waals surface area contributed by atoms with Gasteiger partial charge in [-0.05, 0) is 73.6 Å². The highest BCUT2D eigenvalue weighted by Gasteiger charge is 2.34. The van der Waals surface area contributed by atoms with E-state index in [1.54, 1.807) is 18.2 Å². The molecular weight excluding hydrogens is 426 g/mol. The van der Waals surface area contributed by atoms with E-state index in [-0.39, 0.29) is 17.5 Å². The van der Waals surface area contributed by atoms with Crippen molar-refractivity contribution in [3.05, 3.63) is 70.4 Å². The molecule has 4 N–H and O–H groups in total. The summed E-state index contributed by atoms with van der Waals surface area (Å²) in [6.45, 7) is 5.66. The number of nitrogens with zero attached hydrogens (tertiary/aromatic N) is 2. The van der Waals surface area contributed by atoms with Crippen molar-refractivity contribution in [1.29, 1.82) is 5.26 Å². The monoisotopic (exact) mass is 455 g/mol. The first-order valence-corrected chi connectivity index (χ1v) is 11.9. The van der Waals surface area contributed by atoms with Crippen molar-refractivity contribution >= 4 is 22.6 Å². The number of pyridine rings is 1. The van der Waals surface area contributed by atoms with E-state index in [2.05, 4.69) is 34.2 Å². The zero-order chi connectivity index (χ0) is 23.8. The Morgan fingerprint density at radius 2 is 1.94 bits per heavy atom. The van der Waals surface area contributed by atoms with Gasteiger partial charge in [0.05, 0.1) is 17.2 Å². The van der Waals surface area contributed by atoms with Crippen LogP contribution in [0.15, 0.2) is 42.5 Å². The van der Waals surface area contributed by atoms with Crippen LogP contribution in [0.5, 0.6) is 0 Å². The smallest absolute Gasteiger partial charge is 0.337 e. The maximum atomic E-state index is 11.7. The van der Waals surface area contributed by atoms with E-state index >= 15 is 0 Å². The molecule has 7 heteroatoms. The molecule has 2 fully saturated rings. The first-order valence-electron chi connectivity index (χ1n) is 11.9. The van der Waals surface area contributed by atoms with Crippen molar-refractivity contribution in [2.45, 2.75) is 44.8 Å². The standard InChI is InChI=1S/C27H29N5O2/c1-15-9-20(16(2)31-23-6-4-3-5-19(23)27(33)34)22-11-21(25(12-28)32-24(22)10-15)18-13-29-26(30-14-18)17-7-8-17/h3-6,9-11,16-18,26,29-31H,7-8,13-14H2,1-2H3,(H,33,34)/t16-,18?,26?/m1/s1. The fourth-order valence-electron chi connectivity index (χ4n) is 5.00. The molecule has 1 aliphatic heterocycles. The lowest BCUT2D eigenvalue weighted by molar-refractivity contribution is 0.0698. The molecule has 2 aromatic carbocycles. The van der Waals surface area contributed by atoms with Crippen LogP contribution in [0.1, 0.15) is 64.5 Å². The van der Waals surface area contributed by atoms with Crippen LogP contribution in [-0.4, -0.2) is 35.3 Å². The number of carbonyl (C=O) groups is 1. The number of aromatic carboxylic acids is 1. The van der Waals surface area contributed by atoms with Crippen LogP contribution in [0.3, 0.4) is 0 Å². The van der Waals surface area contributed by atoms with Crippen LogP contribution in [0.2, 0.25) is 0 Å². The molecular formula is C27H29N5O2. The number of rotatable bonds is 6. The van der Waals surface area contributed by atoms with Gasteiger partial charge in [-0.3, -0.25) is 0 Å². The molecule has 2 aliphatic rings. The largest absolute Gasteiger partial charge is 0.478 e. The van der Waals surface area contributed by atoms with E-state index in [0.29, 0.717) is 17.5 Å². The molecule has 174 valence electrons. The molecule has 3 aromatic rings. The number of carboxylic acids is 1. The molecule has 5 rings (SSSR count). The van der Waals surface area contributed by atoms with Crippen LogP contribution in [0, 0.1) is 24.2 Å². The van der Waals surface area contributed by atoms with Gasteiger partial charge in [0.1, 0.15) is 11.8 Å². The number of anilines is 1. The van der Waals surface area contributed by atoms with Crippen molar-refractivity contribution < 1.29 is 9.90 Å². The van der Waals surface area contributed by atoms with Crippen molar-refractivity contribution in [1.82, 2.24) is 15.6 Å². The molecule has 1 atom stereocenters. The summed E-state index contributed by atoms with van der Waals surface area (Å²) in [7, 11) is 0. The summed E-state index contributed by atoms with van der Waals surface area (Å²) in [4.78, 5) is 16.4. The van der Waals surface area contributed by atoms with E-state index in [9.17, 15) is 15.2 Å². The summed E-state index contributed by atoms with van der Waals surface area (Å²) in [6, 6.07) is 15.3. The quantitative estimate of drug-likeness (QED) is 0.439. The van der Waals surface area contributed by atoms with Gasteiger partial charge in [-0.1, -0.05) is 18.2 Å². The Morgan fingerprint density at radius 3 is 2.62 bits per heavy atom. The topological polar surface area (TPSA) is 110 Å². The van der Waals surface area contributed by atoms with E-state index < -0.39 is 5.97 Å². The van der Waals surface area contributed by atoms with Crippen LogP contribution >= 0.6 is 0 Å². The number of hydrogen-bond donors (Lipinski definition) is 4. The average Bonchev–Trinajstić information content (AvgIpc) is 3.68. The molecule has 0 amide bonds. The predicted octanol–water partition coefficient (Wildman–Crippen LogP) is 4.30. The number of fused-ring (bicyclic) bond motifs is 1. The number of nitrogens with one attached hydrogen (secondary N) is 3. The van der Waals surface area contributed by atoms with Gasteiger partial charge in [0.2, 0.25) is 0 Å². The van der Waals surface area contributed by atoms with Gasteiger partial charge >= 0.3 is 5.97 Å². The van der Waals surface area contributed by atoms with Crippen LogP contribution in [-0.2, 0) is 0 Å². The molecule has 1 aromatic heterocycles. The molecule has 7 nitrogen and oxygen atoms in total. The van der Waals surface area contributed by atoms with E-state index in [4.69, 9.17) is 4.98 Å². The average molecular weight is 456 g/mol. The Bertz CT molecular complexity index is 1290. The first-order chi connectivity index (χ1) is 16.4. The molecule has 0 unspecified atom stereocenters. The second-order valence-electron chi connectivity index (χ2n) is 9.50. The lowest BCUT2D eigenvalue weighted by atomic mass is 9.91. The minimum absolute atomic E-state index is 0.159. The lowest BCUT2D eigenvalue weighted by Crippen LogP contribution is -2.53. The van der Waals surface area contributed by atoms with Gasteiger partial charge in [0.15, 0.2) is 0 Å². The summed E-state index contributed by atoms with van der Waals surface area (Å²) in [5.74, 6) is -0.0817. The Labute approximate surface area is 199 Å². The fraction of sp³-hybridized carbons (Fsp3) is 0.370. The minimum atomic E-state index is -0.964. The van der Waals surface area contributed by atoms with E-state index in [1.807, 2.05) is 26.0 Å². The summed E-state index contributed by atoms with van der Waals surface area (Å²) < 4.78 is 0. The number of aryl methyl sites for hydroxylation is 1. The number of para-hydroxylation sites is 1. The predicted molar refractivity (Wildman–Crippen MR) is 132 cm³/mol. The number of aromatic nitrogens is 1. The van der Waals surface area contributed by atoms with Crippen molar-refractivity contribution in [3.63, 3.8) is 0 Å². The third-order valence-electron chi connectivity index (χ3n) is 6.94. The van der Waals surface area contributed by atoms with Crippen LogP contribution in [0.4, 0.5) is 5.69 Å². The third-order valence-corrected chi connectivity index (χ3v) is 6.94. The van der Waals surface area contributed by atoms with Gasteiger partial charge < -0.3 is 21.1 Å². The van der Waals surface area contributed by atoms with E-state index in [0.717, 1.165) is 46.6 Å². The third kappa shape index (κ3) is 4.35. The first kappa shape index (κ1) is 22.3. The van der Waals surface area contributed by atoms with Gasteiger partial charge in [-0.2, -0.15) is 5.26 Å². The molecule has 0 bridgehead atoms. The molecule has 0 spiro atoms. The molecule has 1 aliphatic carbocycles. The van der Waals surface area contributed by atoms with Gasteiger partial charge in [0, 0.05) is 36.1 Å². The van der Waals surface area contributed by atoms with Crippen molar-refractivity contribution in [2.24, 2.45) is 5.92 Å². The van der Waals surface area contributed by atoms with Crippen molar-refractivity contribution in [3.8, 4) is 6.07 Å². The zero-order valence-electron chi connectivity index (χ0n) is 19.4. The maximum absolute atomic E-state index is 11.7. The normalized spacial score (nSPS) is 21.1. The van der Waals surface area contributed by atoms with Gasteiger partial charge in [-0.25, -0.2) is 9.78 Å². The van der Waals surface area contributed by atoms with Gasteiger partial charge in [-0.15, -0.1) is 0 Å². The Kier molecular flexibility index (Phi) is 5.94. The van der Waals surface area contributed by atoms with Crippen LogP contribution in [0.25, 0.3) is 10.9 Å². The lowest BCUT2D eigenvalue weighted by Gasteiger charge is -2.32. The minimum Gasteiger partial charge on any atom is -0.478 e. The highest BCUT2D eigenvalue weighted by Crippen LogP contribution is 2.35. The van der Waals surface area contributed by atoms with Gasteiger partial charge in [0.25, 0.3) is 0 Å². The Balaban J connectivity index is 1.51. The number of nitriles is 1. The fourth-order valence-corrected chi connectivity index (χ4v) is 5.00. The molecule has 0 radical (unpaired) electrons. The number of hydrogen-bond acceptors (Lipinski definition) is 6. The Morgan fingerprint density at radius 1 is 1.21 bits per heavy atom.